The van der Waals surface area contributed by atoms with Crippen molar-refractivity contribution in [1.82, 2.24) is 5.32 Å². The summed E-state index contributed by atoms with van der Waals surface area (Å²) in [6.07, 6.45) is 4.83. The molecular weight excluding hydrogens is 286 g/mol. The third kappa shape index (κ3) is 2.78. The molecule has 3 heteroatoms. The molecule has 0 spiro atoms. The van der Waals surface area contributed by atoms with Crippen LogP contribution in [-0.4, -0.2) is 13.1 Å². The first-order chi connectivity index (χ1) is 9.79. The van der Waals surface area contributed by atoms with Gasteiger partial charge in [0.05, 0.1) is 0 Å². The van der Waals surface area contributed by atoms with E-state index in [2.05, 4.69) is 35.9 Å². The van der Waals surface area contributed by atoms with Crippen molar-refractivity contribution < 1.29 is 0 Å². The molecule has 1 aliphatic carbocycles. The molecule has 0 aliphatic heterocycles. The lowest BCUT2D eigenvalue weighted by Gasteiger charge is -2.31. The van der Waals surface area contributed by atoms with Crippen LogP contribution in [-0.2, 0) is 12.8 Å². The van der Waals surface area contributed by atoms with Gasteiger partial charge in [0.1, 0.15) is 0 Å². The van der Waals surface area contributed by atoms with E-state index in [0.717, 1.165) is 11.4 Å². The van der Waals surface area contributed by atoms with E-state index >= 15 is 0 Å². The molecule has 1 aromatic heterocycles. The second-order valence-electron chi connectivity index (χ2n) is 5.49. The van der Waals surface area contributed by atoms with E-state index in [4.69, 9.17) is 11.6 Å². The topological polar surface area (TPSA) is 12.0 Å². The molecule has 1 nitrogen and oxygen atoms in total. The minimum Gasteiger partial charge on any atom is -0.316 e. The van der Waals surface area contributed by atoms with E-state index in [-0.39, 0.29) is 0 Å². The minimum absolute atomic E-state index is 0.462. The van der Waals surface area contributed by atoms with Crippen molar-refractivity contribution in [3.63, 3.8) is 0 Å². The predicted octanol–water partition coefficient (Wildman–Crippen LogP) is 4.65. The molecule has 1 N–H and O–H groups in total. The van der Waals surface area contributed by atoms with Crippen molar-refractivity contribution in [3.05, 3.63) is 56.7 Å². The Morgan fingerprint density at radius 3 is 3.00 bits per heavy atom. The van der Waals surface area contributed by atoms with Crippen LogP contribution in [0.1, 0.15) is 34.8 Å². The first-order valence-corrected chi connectivity index (χ1v) is 8.52. The molecule has 2 atom stereocenters. The second kappa shape index (κ2) is 6.30. The third-order valence-electron chi connectivity index (χ3n) is 4.35. The molecule has 2 aromatic rings. The van der Waals surface area contributed by atoms with Crippen LogP contribution in [0, 0.1) is 0 Å². The highest BCUT2D eigenvalue weighted by Gasteiger charge is 2.28. The van der Waals surface area contributed by atoms with Gasteiger partial charge in [-0.2, -0.15) is 0 Å². The Labute approximate surface area is 130 Å². The first-order valence-electron chi connectivity index (χ1n) is 7.26. The molecule has 106 valence electrons. The number of benzene rings is 1. The molecule has 2 unspecified atom stereocenters. The van der Waals surface area contributed by atoms with E-state index in [1.165, 1.54) is 24.8 Å². The van der Waals surface area contributed by atoms with Gasteiger partial charge in [0, 0.05) is 21.9 Å². The molecule has 0 saturated heterocycles. The number of nitrogens with one attached hydrogen (secondary N) is 1. The summed E-state index contributed by atoms with van der Waals surface area (Å²) in [6.45, 7) is 0. The van der Waals surface area contributed by atoms with Gasteiger partial charge in [-0.3, -0.25) is 0 Å². The van der Waals surface area contributed by atoms with Crippen molar-refractivity contribution in [2.75, 3.05) is 7.05 Å². The summed E-state index contributed by atoms with van der Waals surface area (Å²) in [4.78, 5) is 1.58. The lowest BCUT2D eigenvalue weighted by atomic mass is 9.80. The second-order valence-corrected chi connectivity index (χ2v) is 6.90. The van der Waals surface area contributed by atoms with E-state index in [1.54, 1.807) is 10.4 Å². The van der Waals surface area contributed by atoms with Gasteiger partial charge < -0.3 is 5.32 Å². The summed E-state index contributed by atoms with van der Waals surface area (Å²) >= 11 is 8.23. The molecule has 3 rings (SSSR count). The van der Waals surface area contributed by atoms with Crippen molar-refractivity contribution >= 4 is 22.9 Å². The number of fused-ring (bicyclic) bond motifs is 1. The lowest BCUT2D eigenvalue weighted by Crippen LogP contribution is -2.35. The fourth-order valence-electron chi connectivity index (χ4n) is 3.29. The van der Waals surface area contributed by atoms with Crippen LogP contribution >= 0.6 is 22.9 Å². The summed E-state index contributed by atoms with van der Waals surface area (Å²) in [5.41, 5.74) is 2.81. The zero-order chi connectivity index (χ0) is 13.9. The van der Waals surface area contributed by atoms with Crippen LogP contribution < -0.4 is 5.32 Å². The number of aryl methyl sites for hydroxylation is 1. The van der Waals surface area contributed by atoms with Gasteiger partial charge in [0.2, 0.25) is 0 Å². The van der Waals surface area contributed by atoms with Crippen molar-refractivity contribution in [2.24, 2.45) is 0 Å². The van der Waals surface area contributed by atoms with Gasteiger partial charge >= 0.3 is 0 Å². The maximum absolute atomic E-state index is 6.32. The van der Waals surface area contributed by atoms with E-state index in [1.807, 2.05) is 23.5 Å². The molecular formula is C17H20ClNS. The number of thiophene rings is 1. The van der Waals surface area contributed by atoms with E-state index < -0.39 is 0 Å². The van der Waals surface area contributed by atoms with Crippen molar-refractivity contribution in [2.45, 2.75) is 37.6 Å². The molecule has 20 heavy (non-hydrogen) atoms. The fraction of sp³-hybridized carbons (Fsp3) is 0.412. The van der Waals surface area contributed by atoms with Crippen LogP contribution in [0.5, 0.6) is 0 Å². The highest BCUT2D eigenvalue weighted by molar-refractivity contribution is 7.10. The number of hydrogen-bond acceptors (Lipinski definition) is 2. The summed E-state index contributed by atoms with van der Waals surface area (Å²) < 4.78 is 0. The average molecular weight is 306 g/mol. The summed E-state index contributed by atoms with van der Waals surface area (Å²) in [5.74, 6) is 0.617. The Balaban J connectivity index is 1.83. The number of likely N-dealkylation sites (N-methyl/N-ethyl adjacent to an activating group) is 1. The lowest BCUT2D eigenvalue weighted by molar-refractivity contribution is 0.414. The first kappa shape index (κ1) is 14.1. The fourth-order valence-corrected chi connectivity index (χ4v) is 4.50. The Bertz CT molecular complexity index is 578. The van der Waals surface area contributed by atoms with E-state index in [0.29, 0.717) is 12.0 Å². The normalized spacial score (nSPS) is 19.6. The number of halogens is 1. The largest absolute Gasteiger partial charge is 0.316 e. The molecule has 1 heterocycles. The highest BCUT2D eigenvalue weighted by Crippen LogP contribution is 2.38. The van der Waals surface area contributed by atoms with Crippen molar-refractivity contribution in [3.8, 4) is 0 Å². The summed E-state index contributed by atoms with van der Waals surface area (Å²) in [5, 5.41) is 6.65. The van der Waals surface area contributed by atoms with Gasteiger partial charge in [0.15, 0.2) is 0 Å². The zero-order valence-electron chi connectivity index (χ0n) is 11.7. The van der Waals surface area contributed by atoms with Gasteiger partial charge in [-0.1, -0.05) is 29.8 Å². The summed E-state index contributed by atoms with van der Waals surface area (Å²) in [6, 6.07) is 11.0. The Hall–Kier alpha value is -0.830. The van der Waals surface area contributed by atoms with Gasteiger partial charge in [0.25, 0.3) is 0 Å². The van der Waals surface area contributed by atoms with Crippen LogP contribution in [0.15, 0.2) is 35.7 Å². The SMILES string of the molecule is CNC(Cc1ccccc1Cl)C1CCCc2sccc21. The van der Waals surface area contributed by atoms with Gasteiger partial charge in [-0.15, -0.1) is 11.3 Å². The van der Waals surface area contributed by atoms with Gasteiger partial charge in [-0.25, -0.2) is 0 Å². The van der Waals surface area contributed by atoms with Crippen molar-refractivity contribution in [1.29, 1.82) is 0 Å². The van der Waals surface area contributed by atoms with Crippen LogP contribution in [0.3, 0.4) is 0 Å². The Kier molecular flexibility index (Phi) is 4.45. The monoisotopic (exact) mass is 305 g/mol. The maximum atomic E-state index is 6.32. The van der Waals surface area contributed by atoms with Crippen LogP contribution in [0.4, 0.5) is 0 Å². The zero-order valence-corrected chi connectivity index (χ0v) is 13.3. The van der Waals surface area contributed by atoms with Crippen LogP contribution in [0.25, 0.3) is 0 Å². The predicted molar refractivity (Wildman–Crippen MR) is 88.0 cm³/mol. The minimum atomic E-state index is 0.462. The molecule has 1 aromatic carbocycles. The molecule has 0 bridgehead atoms. The van der Waals surface area contributed by atoms with Gasteiger partial charge in [-0.05, 0) is 61.4 Å². The molecule has 0 radical (unpaired) electrons. The number of rotatable bonds is 4. The quantitative estimate of drug-likeness (QED) is 0.867. The molecule has 0 amide bonds. The maximum Gasteiger partial charge on any atom is 0.0438 e. The Morgan fingerprint density at radius 1 is 1.35 bits per heavy atom. The molecule has 0 fully saturated rings. The highest BCUT2D eigenvalue weighted by atomic mass is 35.5. The summed E-state index contributed by atoms with van der Waals surface area (Å²) in [7, 11) is 2.07. The third-order valence-corrected chi connectivity index (χ3v) is 5.72. The average Bonchev–Trinajstić information content (AvgIpc) is 2.95. The van der Waals surface area contributed by atoms with E-state index in [9.17, 15) is 0 Å². The Morgan fingerprint density at radius 2 is 2.20 bits per heavy atom. The molecule has 1 aliphatic rings. The molecule has 0 saturated carbocycles. The number of hydrogen-bond donors (Lipinski definition) is 1. The van der Waals surface area contributed by atoms with Crippen LogP contribution in [0.2, 0.25) is 5.02 Å². The standard InChI is InChI=1S/C17H20ClNS/c1-19-16(11-12-5-2-3-7-15(12)18)13-6-4-8-17-14(13)9-10-20-17/h2-3,5,7,9-10,13,16,19H,4,6,8,11H2,1H3. The smallest absolute Gasteiger partial charge is 0.0438 e.